The summed E-state index contributed by atoms with van der Waals surface area (Å²) in [5, 5.41) is 0. The van der Waals surface area contributed by atoms with E-state index in [0.717, 1.165) is 6.42 Å². The Kier molecular flexibility index (Phi) is 4.97. The van der Waals surface area contributed by atoms with Gasteiger partial charge in [0.25, 0.3) is 6.33 Å². The monoisotopic (exact) mass is 234 g/mol. The van der Waals surface area contributed by atoms with Crippen molar-refractivity contribution >= 4 is 0 Å². The highest BCUT2D eigenvalue weighted by Crippen LogP contribution is 1.91. The van der Waals surface area contributed by atoms with Crippen LogP contribution in [0.1, 0.15) is 20.3 Å². The fourth-order valence-corrected chi connectivity index (χ4v) is 0.772. The van der Waals surface area contributed by atoms with Gasteiger partial charge in [0.05, 0.1) is 7.05 Å². The number of hydrogen-bond donors (Lipinski definition) is 0. The van der Waals surface area contributed by atoms with Crippen molar-refractivity contribution < 1.29 is 26.4 Å². The van der Waals surface area contributed by atoms with Crippen LogP contribution in [0.4, 0.5) is 0 Å². The Hall–Kier alpha value is -0.510. The van der Waals surface area contributed by atoms with Gasteiger partial charge in [-0.3, -0.25) is 0 Å². The molecule has 4 heteroatoms. The molecule has 0 aromatic carbocycles. The van der Waals surface area contributed by atoms with E-state index in [2.05, 4.69) is 13.8 Å². The molecule has 0 amide bonds. The summed E-state index contributed by atoms with van der Waals surface area (Å²) in [5.41, 5.74) is 0. The second kappa shape index (κ2) is 5.19. The minimum absolute atomic E-state index is 0. The number of aromatic nitrogens is 2. The molecule has 0 radical (unpaired) electrons. The van der Waals surface area contributed by atoms with Gasteiger partial charge in [0.15, 0.2) is 6.20 Å². The Labute approximate surface area is 83.7 Å². The van der Waals surface area contributed by atoms with Gasteiger partial charge in [0, 0.05) is 0 Å². The lowest BCUT2D eigenvalue weighted by Crippen LogP contribution is -3.00. The summed E-state index contributed by atoms with van der Waals surface area (Å²) >= 11 is 0. The number of aryl methyl sites for hydroxylation is 1. The molecule has 0 bridgehead atoms. The quantitative estimate of drug-likeness (QED) is 0.532. The molecule has 3 nitrogen and oxygen atoms in total. The molecule has 0 N–H and O–H groups in total. The minimum Gasteiger partial charge on any atom is -1.00 e. The Morgan fingerprint density at radius 1 is 1.58 bits per heavy atom. The summed E-state index contributed by atoms with van der Waals surface area (Å²) in [4.78, 5) is 5.48. The third-order valence-electron chi connectivity index (χ3n) is 1.62. The van der Waals surface area contributed by atoms with Crippen LogP contribution in [0.2, 0.25) is 0 Å². The molecular weight excluding hydrogens is 220 g/mol. The van der Waals surface area contributed by atoms with Crippen molar-refractivity contribution in [3.05, 3.63) is 18.7 Å². The van der Waals surface area contributed by atoms with Gasteiger partial charge >= 0.3 is 0 Å². The van der Waals surface area contributed by atoms with E-state index in [-0.39, 0.29) is 23.1 Å². The molecular formula is C8H15BrN2O. The number of imidazole rings is 1. The zero-order chi connectivity index (χ0) is 8.27. The van der Waals surface area contributed by atoms with Crippen LogP contribution in [0.15, 0.2) is 18.7 Å². The summed E-state index contributed by atoms with van der Waals surface area (Å²) in [6.07, 6.45) is 7.05. The van der Waals surface area contributed by atoms with Crippen LogP contribution in [0.3, 0.4) is 0 Å². The Morgan fingerprint density at radius 2 is 2.25 bits per heavy atom. The highest BCUT2D eigenvalue weighted by atomic mass is 79.9. The molecule has 0 aliphatic heterocycles. The molecule has 1 aromatic rings. The average Bonchev–Trinajstić information content (AvgIpc) is 2.35. The predicted molar refractivity (Wildman–Crippen MR) is 41.9 cm³/mol. The molecule has 1 unspecified atom stereocenters. The molecule has 1 aromatic heterocycles. The first-order chi connectivity index (χ1) is 5.22. The van der Waals surface area contributed by atoms with E-state index in [1.807, 2.05) is 30.3 Å². The largest absolute Gasteiger partial charge is 1.00 e. The van der Waals surface area contributed by atoms with E-state index >= 15 is 0 Å². The fourth-order valence-electron chi connectivity index (χ4n) is 0.772. The molecule has 0 aliphatic carbocycles. The zero-order valence-electron chi connectivity index (χ0n) is 7.70. The van der Waals surface area contributed by atoms with E-state index in [1.165, 1.54) is 0 Å². The van der Waals surface area contributed by atoms with Gasteiger partial charge in [-0.2, -0.15) is 0 Å². The fraction of sp³-hybridized carbons (Fsp3) is 0.625. The van der Waals surface area contributed by atoms with Crippen molar-refractivity contribution in [2.45, 2.75) is 26.4 Å². The maximum Gasteiger partial charge on any atom is 0.284 e. The average molecular weight is 235 g/mol. The van der Waals surface area contributed by atoms with Gasteiger partial charge in [-0.05, 0) is 13.3 Å². The Balaban J connectivity index is 0.00000121. The topological polar surface area (TPSA) is 18.0 Å². The summed E-state index contributed by atoms with van der Waals surface area (Å²) < 4.78 is 3.68. The standard InChI is InChI=1S/C8H15N2O.BrH/c1-4-8(2)11-10-6-5-9(3)7-10;/h5-8H,4H2,1-3H3;1H/q+1;/p-1. The highest BCUT2D eigenvalue weighted by Gasteiger charge is 2.04. The van der Waals surface area contributed by atoms with Crippen molar-refractivity contribution in [1.29, 1.82) is 0 Å². The van der Waals surface area contributed by atoms with E-state index in [9.17, 15) is 0 Å². The Bertz CT molecular complexity index is 225. The summed E-state index contributed by atoms with van der Waals surface area (Å²) in [6, 6.07) is 0. The highest BCUT2D eigenvalue weighted by molar-refractivity contribution is 4.61. The summed E-state index contributed by atoms with van der Waals surface area (Å²) in [7, 11) is 1.97. The number of hydrogen-bond acceptors (Lipinski definition) is 1. The number of rotatable bonds is 3. The second-order valence-corrected chi connectivity index (χ2v) is 2.76. The zero-order valence-corrected chi connectivity index (χ0v) is 9.28. The maximum atomic E-state index is 5.48. The third-order valence-corrected chi connectivity index (χ3v) is 1.62. The van der Waals surface area contributed by atoms with Crippen LogP contribution < -0.4 is 26.4 Å². The van der Waals surface area contributed by atoms with Crippen LogP contribution in [-0.2, 0) is 7.05 Å². The molecule has 12 heavy (non-hydrogen) atoms. The SMILES string of the molecule is CCC(C)On1cc[n+](C)c1.[Br-]. The van der Waals surface area contributed by atoms with Gasteiger partial charge in [-0.1, -0.05) is 11.7 Å². The van der Waals surface area contributed by atoms with Crippen LogP contribution in [-0.4, -0.2) is 10.8 Å². The van der Waals surface area contributed by atoms with Crippen LogP contribution >= 0.6 is 0 Å². The van der Waals surface area contributed by atoms with Crippen LogP contribution in [0, 0.1) is 0 Å². The van der Waals surface area contributed by atoms with E-state index in [4.69, 9.17) is 4.84 Å². The first-order valence-electron chi connectivity index (χ1n) is 3.92. The third kappa shape index (κ3) is 3.26. The Morgan fingerprint density at radius 3 is 2.67 bits per heavy atom. The van der Waals surface area contributed by atoms with Crippen LogP contribution in [0.25, 0.3) is 0 Å². The maximum absolute atomic E-state index is 5.48. The van der Waals surface area contributed by atoms with Gasteiger partial charge in [0.1, 0.15) is 12.3 Å². The lowest BCUT2D eigenvalue weighted by Gasteiger charge is -2.05. The van der Waals surface area contributed by atoms with Gasteiger partial charge in [-0.15, -0.1) is 0 Å². The summed E-state index contributed by atoms with van der Waals surface area (Å²) in [6.45, 7) is 4.16. The van der Waals surface area contributed by atoms with Crippen molar-refractivity contribution in [2.24, 2.45) is 7.05 Å². The molecule has 1 rings (SSSR count). The van der Waals surface area contributed by atoms with Crippen molar-refractivity contribution in [2.75, 3.05) is 0 Å². The number of halogens is 1. The molecule has 0 spiro atoms. The number of nitrogens with zero attached hydrogens (tertiary/aromatic N) is 2. The molecule has 0 fully saturated rings. The predicted octanol–water partition coefficient (Wildman–Crippen LogP) is -2.46. The van der Waals surface area contributed by atoms with E-state index in [0.29, 0.717) is 0 Å². The van der Waals surface area contributed by atoms with Gasteiger partial charge < -0.3 is 21.8 Å². The van der Waals surface area contributed by atoms with Crippen molar-refractivity contribution in [3.63, 3.8) is 0 Å². The van der Waals surface area contributed by atoms with Gasteiger partial charge in [0.2, 0.25) is 0 Å². The second-order valence-electron chi connectivity index (χ2n) is 2.76. The smallest absolute Gasteiger partial charge is 0.284 e. The van der Waals surface area contributed by atoms with Crippen molar-refractivity contribution in [1.82, 2.24) is 4.73 Å². The molecule has 0 aliphatic rings. The molecule has 1 heterocycles. The normalized spacial score (nSPS) is 11.9. The molecule has 1 atom stereocenters. The van der Waals surface area contributed by atoms with Crippen molar-refractivity contribution in [3.8, 4) is 0 Å². The molecule has 70 valence electrons. The lowest BCUT2D eigenvalue weighted by atomic mass is 10.3. The lowest BCUT2D eigenvalue weighted by molar-refractivity contribution is -0.672. The summed E-state index contributed by atoms with van der Waals surface area (Å²) in [5.74, 6) is 0. The van der Waals surface area contributed by atoms with Crippen LogP contribution in [0.5, 0.6) is 0 Å². The first kappa shape index (κ1) is 11.5. The van der Waals surface area contributed by atoms with Gasteiger partial charge in [-0.25, -0.2) is 4.57 Å². The van der Waals surface area contributed by atoms with E-state index in [1.54, 1.807) is 4.73 Å². The minimum atomic E-state index is 0. The molecule has 0 saturated carbocycles. The molecule has 0 saturated heterocycles. The first-order valence-corrected chi connectivity index (χ1v) is 3.92. The van der Waals surface area contributed by atoms with E-state index < -0.39 is 0 Å².